The maximum Gasteiger partial charge on any atom is 0.232 e. The molecule has 0 fully saturated rings. The molecule has 1 unspecified atom stereocenters. The molecule has 6 heteroatoms. The van der Waals surface area contributed by atoms with Crippen LogP contribution in [0.5, 0.6) is 0 Å². The third kappa shape index (κ3) is 3.96. The number of nitrogens with zero attached hydrogens (tertiary/aromatic N) is 1. The maximum atomic E-state index is 13.3. The summed E-state index contributed by atoms with van der Waals surface area (Å²) < 4.78 is 26.0. The molecular weight excluding hydrogens is 260 g/mol. The Morgan fingerprint density at radius 1 is 1.50 bits per heavy atom. The molecule has 3 nitrogen and oxygen atoms in total. The number of aliphatic hydroxyl groups excluding tert-OH is 1. The summed E-state index contributed by atoms with van der Waals surface area (Å²) in [5.41, 5.74) is 0. The lowest BCUT2D eigenvalue weighted by Gasteiger charge is -2.22. The number of carbonyl (C=O) groups is 1. The zero-order valence-electron chi connectivity index (χ0n) is 10.2. The topological polar surface area (TPSA) is 40.5 Å². The summed E-state index contributed by atoms with van der Waals surface area (Å²) in [5, 5.41) is 8.91. The lowest BCUT2D eigenvalue weighted by molar-refractivity contribution is -0.129. The van der Waals surface area contributed by atoms with Gasteiger partial charge in [-0.1, -0.05) is 0 Å². The van der Waals surface area contributed by atoms with Crippen molar-refractivity contribution in [2.75, 3.05) is 19.4 Å². The number of rotatable bonds is 5. The van der Waals surface area contributed by atoms with Crippen molar-refractivity contribution >= 4 is 17.7 Å². The summed E-state index contributed by atoms with van der Waals surface area (Å²) in [6.07, 6.45) is 0. The van der Waals surface area contributed by atoms with E-state index in [-0.39, 0.29) is 29.2 Å². The Kier molecular flexibility index (Phi) is 5.55. The average Bonchev–Trinajstić information content (AvgIpc) is 2.35. The van der Waals surface area contributed by atoms with E-state index >= 15 is 0 Å². The van der Waals surface area contributed by atoms with Gasteiger partial charge in [-0.05, 0) is 19.1 Å². The van der Waals surface area contributed by atoms with Gasteiger partial charge in [0.05, 0.1) is 18.4 Å². The molecule has 1 rings (SSSR count). The number of carbonyl (C=O) groups excluding carboxylic acids is 1. The molecule has 0 radical (unpaired) electrons. The van der Waals surface area contributed by atoms with Crippen LogP contribution >= 0.6 is 11.8 Å². The van der Waals surface area contributed by atoms with Crippen LogP contribution in [0, 0.1) is 11.6 Å². The van der Waals surface area contributed by atoms with E-state index in [0.29, 0.717) is 0 Å². The third-order valence-corrected chi connectivity index (χ3v) is 3.60. The van der Waals surface area contributed by atoms with Gasteiger partial charge in [0.15, 0.2) is 0 Å². The number of hydrogen-bond donors (Lipinski definition) is 1. The first-order valence-electron chi connectivity index (χ1n) is 5.40. The molecule has 1 atom stereocenters. The summed E-state index contributed by atoms with van der Waals surface area (Å²) in [4.78, 5) is 13.3. The smallest absolute Gasteiger partial charge is 0.232 e. The first-order chi connectivity index (χ1) is 8.45. The van der Waals surface area contributed by atoms with Gasteiger partial charge in [-0.2, -0.15) is 0 Å². The Labute approximate surface area is 109 Å². The fourth-order valence-corrected chi connectivity index (χ4v) is 2.05. The summed E-state index contributed by atoms with van der Waals surface area (Å²) >= 11 is 1.01. The van der Waals surface area contributed by atoms with Gasteiger partial charge >= 0.3 is 0 Å². The Hall–Kier alpha value is -1.14. The molecule has 0 heterocycles. The maximum absolute atomic E-state index is 13.3. The van der Waals surface area contributed by atoms with E-state index in [9.17, 15) is 13.6 Å². The number of thioether (sulfide) groups is 1. The monoisotopic (exact) mass is 275 g/mol. The van der Waals surface area contributed by atoms with Gasteiger partial charge < -0.3 is 10.0 Å². The van der Waals surface area contributed by atoms with E-state index in [2.05, 4.69) is 0 Å². The molecule has 1 aromatic carbocycles. The van der Waals surface area contributed by atoms with Crippen LogP contribution in [0.1, 0.15) is 6.92 Å². The van der Waals surface area contributed by atoms with Crippen molar-refractivity contribution in [2.24, 2.45) is 0 Å². The van der Waals surface area contributed by atoms with Gasteiger partial charge in [0.1, 0.15) is 11.6 Å². The van der Waals surface area contributed by atoms with Crippen LogP contribution in [0.3, 0.4) is 0 Å². The molecule has 0 saturated carbocycles. The minimum Gasteiger partial charge on any atom is -0.394 e. The largest absolute Gasteiger partial charge is 0.394 e. The first-order valence-corrected chi connectivity index (χ1v) is 6.38. The summed E-state index contributed by atoms with van der Waals surface area (Å²) in [6, 6.07) is 2.96. The second-order valence-corrected chi connectivity index (χ2v) is 4.92. The molecule has 0 spiro atoms. The fourth-order valence-electron chi connectivity index (χ4n) is 1.20. The van der Waals surface area contributed by atoms with E-state index < -0.39 is 11.6 Å². The van der Waals surface area contributed by atoms with Crippen LogP contribution in [0.15, 0.2) is 23.1 Å². The van der Waals surface area contributed by atoms with Gasteiger partial charge in [-0.25, -0.2) is 8.78 Å². The predicted octanol–water partition coefficient (Wildman–Crippen LogP) is 1.90. The minimum absolute atomic E-state index is 0.0450. The highest BCUT2D eigenvalue weighted by Crippen LogP contribution is 2.22. The summed E-state index contributed by atoms with van der Waals surface area (Å²) in [6.45, 7) is 1.58. The summed E-state index contributed by atoms with van der Waals surface area (Å²) in [5.74, 6) is -1.49. The zero-order valence-corrected chi connectivity index (χ0v) is 11.0. The van der Waals surface area contributed by atoms with Gasteiger partial charge in [0, 0.05) is 18.0 Å². The van der Waals surface area contributed by atoms with Crippen LogP contribution < -0.4 is 0 Å². The summed E-state index contributed by atoms with van der Waals surface area (Å²) in [7, 11) is 1.57. The Balaban J connectivity index is 2.57. The Bertz CT molecular complexity index is 429. The molecule has 0 aliphatic carbocycles. The molecular formula is C12H15F2NO2S. The van der Waals surface area contributed by atoms with Gasteiger partial charge in [-0.15, -0.1) is 11.8 Å². The normalized spacial score (nSPS) is 12.3. The van der Waals surface area contributed by atoms with Crippen molar-refractivity contribution in [1.29, 1.82) is 0 Å². The standard InChI is InChI=1S/C12H15F2NO2S/c1-8(6-16)15(2)12(17)7-18-11-4-3-9(13)5-10(11)14/h3-5,8,16H,6-7H2,1-2H3. The molecule has 1 amide bonds. The molecule has 0 bridgehead atoms. The number of halogens is 2. The molecule has 0 aliphatic heterocycles. The second kappa shape index (κ2) is 6.70. The van der Waals surface area contributed by atoms with Crippen LogP contribution in [0.25, 0.3) is 0 Å². The van der Waals surface area contributed by atoms with Crippen molar-refractivity contribution in [3.63, 3.8) is 0 Å². The highest BCUT2D eigenvalue weighted by Gasteiger charge is 2.15. The van der Waals surface area contributed by atoms with Crippen molar-refractivity contribution < 1.29 is 18.7 Å². The fraction of sp³-hybridized carbons (Fsp3) is 0.417. The van der Waals surface area contributed by atoms with Crippen molar-refractivity contribution in [3.8, 4) is 0 Å². The van der Waals surface area contributed by atoms with Crippen molar-refractivity contribution in [3.05, 3.63) is 29.8 Å². The number of amides is 1. The number of likely N-dealkylation sites (N-methyl/N-ethyl adjacent to an activating group) is 1. The van der Waals surface area contributed by atoms with E-state index in [1.165, 1.54) is 11.0 Å². The van der Waals surface area contributed by atoms with Crippen molar-refractivity contribution in [1.82, 2.24) is 4.90 Å². The Morgan fingerprint density at radius 2 is 2.17 bits per heavy atom. The molecule has 0 aliphatic rings. The van der Waals surface area contributed by atoms with Gasteiger partial charge in [0.2, 0.25) is 5.91 Å². The lowest BCUT2D eigenvalue weighted by atomic mass is 10.3. The molecule has 1 aromatic rings. The van der Waals surface area contributed by atoms with Crippen molar-refractivity contribution in [2.45, 2.75) is 17.9 Å². The van der Waals surface area contributed by atoms with E-state index in [1.54, 1.807) is 14.0 Å². The predicted molar refractivity (Wildman–Crippen MR) is 66.4 cm³/mol. The minimum atomic E-state index is -0.675. The van der Waals surface area contributed by atoms with E-state index in [4.69, 9.17) is 5.11 Å². The molecule has 1 N–H and O–H groups in total. The average molecular weight is 275 g/mol. The first kappa shape index (κ1) is 14.9. The molecule has 0 saturated heterocycles. The van der Waals surface area contributed by atoms with Gasteiger partial charge in [0.25, 0.3) is 0 Å². The van der Waals surface area contributed by atoms with E-state index in [0.717, 1.165) is 23.9 Å². The molecule has 100 valence electrons. The van der Waals surface area contributed by atoms with Crippen LogP contribution in [-0.2, 0) is 4.79 Å². The van der Waals surface area contributed by atoms with Crippen LogP contribution in [-0.4, -0.2) is 41.4 Å². The van der Waals surface area contributed by atoms with Gasteiger partial charge in [-0.3, -0.25) is 4.79 Å². The zero-order chi connectivity index (χ0) is 13.7. The third-order valence-electron chi connectivity index (χ3n) is 2.56. The van der Waals surface area contributed by atoms with Crippen LogP contribution in [0.2, 0.25) is 0 Å². The lowest BCUT2D eigenvalue weighted by Crippen LogP contribution is -2.38. The van der Waals surface area contributed by atoms with Crippen LogP contribution in [0.4, 0.5) is 8.78 Å². The molecule has 18 heavy (non-hydrogen) atoms. The quantitative estimate of drug-likeness (QED) is 0.834. The van der Waals surface area contributed by atoms with E-state index in [1.807, 2.05) is 0 Å². The Morgan fingerprint density at radius 3 is 2.72 bits per heavy atom. The highest BCUT2D eigenvalue weighted by molar-refractivity contribution is 8.00. The number of aliphatic hydroxyl groups is 1. The molecule has 0 aromatic heterocycles. The number of hydrogen-bond acceptors (Lipinski definition) is 3. The SMILES string of the molecule is CC(CO)N(C)C(=O)CSc1ccc(F)cc1F. The highest BCUT2D eigenvalue weighted by atomic mass is 32.2. The second-order valence-electron chi connectivity index (χ2n) is 3.90. The number of benzene rings is 1.